The van der Waals surface area contributed by atoms with Crippen LogP contribution in [-0.4, -0.2) is 155 Å². The molecule has 342 valence electrons. The summed E-state index contributed by atoms with van der Waals surface area (Å²) in [6.45, 7) is 8.95. The number of morpholine rings is 2. The Morgan fingerprint density at radius 3 is 1.26 bits per heavy atom. The first kappa shape index (κ1) is 50.0. The van der Waals surface area contributed by atoms with E-state index in [0.29, 0.717) is 63.7 Å². The van der Waals surface area contributed by atoms with E-state index < -0.39 is 82.9 Å². The number of esters is 2. The van der Waals surface area contributed by atoms with Gasteiger partial charge in [0.15, 0.2) is 0 Å². The van der Waals surface area contributed by atoms with Crippen molar-refractivity contribution >= 4 is 58.1 Å². The van der Waals surface area contributed by atoms with Gasteiger partial charge in [-0.25, -0.2) is 19.2 Å². The lowest BCUT2D eigenvalue weighted by atomic mass is 10.0. The fourth-order valence-corrected chi connectivity index (χ4v) is 7.92. The summed E-state index contributed by atoms with van der Waals surface area (Å²) in [5, 5.41) is 27.9. The highest BCUT2D eigenvalue weighted by Gasteiger charge is 2.41. The fourth-order valence-electron chi connectivity index (χ4n) is 6.05. The largest absolute Gasteiger partial charge is 0.457 e. The number of carbonyl (C=O) groups is 6. The number of rotatable bonds is 19. The van der Waals surface area contributed by atoms with Crippen LogP contribution in [0.2, 0.25) is 0 Å². The first-order valence-corrected chi connectivity index (χ1v) is 22.4. The van der Waals surface area contributed by atoms with E-state index in [9.17, 15) is 39.0 Å². The molecule has 2 aliphatic heterocycles. The van der Waals surface area contributed by atoms with Gasteiger partial charge in [0.05, 0.1) is 26.4 Å². The highest BCUT2D eigenvalue weighted by molar-refractivity contribution is 8.13. The topological polar surface area (TPSA) is 229 Å². The summed E-state index contributed by atoms with van der Waals surface area (Å²) in [5.74, 6) is -3.84. The Hall–Kier alpha value is -4.60. The minimum Gasteiger partial charge on any atom is -0.457 e. The average Bonchev–Trinajstić information content (AvgIpc) is 3.28. The predicted octanol–water partition coefficient (Wildman–Crippen LogP) is 3.80. The van der Waals surface area contributed by atoms with Crippen LogP contribution in [0.3, 0.4) is 0 Å². The Labute approximate surface area is 370 Å². The summed E-state index contributed by atoms with van der Waals surface area (Å²) in [4.78, 5) is 82.8. The third-order valence-electron chi connectivity index (χ3n) is 9.74. The van der Waals surface area contributed by atoms with Crippen LogP contribution in [0.5, 0.6) is 0 Å². The molecule has 20 heteroatoms. The van der Waals surface area contributed by atoms with Gasteiger partial charge in [-0.1, -0.05) is 112 Å². The Bertz CT molecular complexity index is 1610. The number of ether oxygens (including phenoxy) is 6. The molecule has 6 atom stereocenters. The number of aliphatic hydroxyl groups excluding tert-OH is 2. The van der Waals surface area contributed by atoms with Crippen molar-refractivity contribution in [2.75, 3.05) is 64.1 Å². The number of amides is 4. The van der Waals surface area contributed by atoms with Crippen LogP contribution in [0.25, 0.3) is 0 Å². The van der Waals surface area contributed by atoms with Crippen molar-refractivity contribution in [2.24, 2.45) is 11.8 Å². The molecule has 0 saturated carbocycles. The van der Waals surface area contributed by atoms with Crippen LogP contribution in [0, 0.1) is 11.8 Å². The maximum absolute atomic E-state index is 13.8. The van der Waals surface area contributed by atoms with Crippen LogP contribution in [0.1, 0.15) is 38.8 Å². The molecule has 2 aromatic carbocycles. The molecule has 0 aliphatic carbocycles. The van der Waals surface area contributed by atoms with E-state index in [1.807, 2.05) is 12.1 Å². The van der Waals surface area contributed by atoms with E-state index in [-0.39, 0.29) is 24.7 Å². The Balaban J connectivity index is 1.54. The molecule has 0 spiro atoms. The maximum Gasteiger partial charge on any atom is 0.408 e. The lowest BCUT2D eigenvalue weighted by Gasteiger charge is -2.34. The lowest BCUT2D eigenvalue weighted by Crippen LogP contribution is -2.54. The summed E-state index contributed by atoms with van der Waals surface area (Å²) in [6, 6.07) is 15.2. The van der Waals surface area contributed by atoms with E-state index in [2.05, 4.69) is 10.6 Å². The molecule has 18 nitrogen and oxygen atoms in total. The molecule has 2 fully saturated rings. The minimum absolute atomic E-state index is 0.0748. The number of thioether (sulfide) groups is 2. The second-order valence-corrected chi connectivity index (χ2v) is 17.1. The number of carbonyl (C=O) groups excluding carboxylic acids is 6. The molecule has 2 saturated heterocycles. The molecule has 4 rings (SSSR count). The second-order valence-electron chi connectivity index (χ2n) is 15.1. The monoisotopic (exact) mass is 906 g/mol. The summed E-state index contributed by atoms with van der Waals surface area (Å²) in [6.07, 6.45) is -9.10. The number of aliphatic hydroxyl groups is 2. The molecule has 0 aromatic heterocycles. The van der Waals surface area contributed by atoms with Gasteiger partial charge < -0.3 is 59.1 Å². The fraction of sp³-hybridized carbons (Fsp3) is 0.571. The second kappa shape index (κ2) is 26.1. The van der Waals surface area contributed by atoms with Crippen LogP contribution < -0.4 is 10.6 Å². The number of nitrogens with zero attached hydrogens (tertiary/aromatic N) is 2. The third kappa shape index (κ3) is 16.6. The molecule has 2 heterocycles. The number of nitrogens with one attached hydrogen (secondary N) is 2. The number of hydrogen-bond acceptors (Lipinski definition) is 16. The van der Waals surface area contributed by atoms with Crippen molar-refractivity contribution < 1.29 is 67.4 Å². The van der Waals surface area contributed by atoms with Crippen molar-refractivity contribution in [1.29, 1.82) is 0 Å². The van der Waals surface area contributed by atoms with E-state index in [0.717, 1.165) is 23.5 Å². The average molecular weight is 907 g/mol. The van der Waals surface area contributed by atoms with E-state index in [1.54, 1.807) is 76.2 Å². The quantitative estimate of drug-likeness (QED) is 0.116. The number of benzene rings is 2. The Morgan fingerprint density at radius 2 is 0.935 bits per heavy atom. The predicted molar refractivity (Wildman–Crippen MR) is 229 cm³/mol. The zero-order chi connectivity index (χ0) is 45.0. The van der Waals surface area contributed by atoms with Gasteiger partial charge in [0, 0.05) is 37.7 Å². The zero-order valence-electron chi connectivity index (χ0n) is 35.4. The summed E-state index contributed by atoms with van der Waals surface area (Å²) in [5.41, 5.74) is 1.42. The molecule has 4 unspecified atom stereocenters. The number of alkyl carbamates (subject to hydrolysis) is 2. The first-order chi connectivity index (χ1) is 29.7. The normalized spacial score (nSPS) is 17.2. The molecule has 4 N–H and O–H groups in total. The van der Waals surface area contributed by atoms with Gasteiger partial charge in [0.1, 0.15) is 49.7 Å². The summed E-state index contributed by atoms with van der Waals surface area (Å²) in [7, 11) is 0. The van der Waals surface area contributed by atoms with Crippen molar-refractivity contribution in [3.05, 3.63) is 71.8 Å². The van der Waals surface area contributed by atoms with E-state index in [4.69, 9.17) is 28.4 Å². The van der Waals surface area contributed by atoms with Crippen molar-refractivity contribution in [2.45, 2.75) is 77.4 Å². The van der Waals surface area contributed by atoms with Gasteiger partial charge in [-0.15, -0.1) is 0 Å². The molecular weight excluding hydrogens is 849 g/mol. The van der Waals surface area contributed by atoms with Crippen LogP contribution in [0.15, 0.2) is 60.7 Å². The van der Waals surface area contributed by atoms with Gasteiger partial charge in [-0.05, 0) is 23.0 Å². The SMILES string of the molecule is CC(C)[C@H](NC(=O)OCc1ccccc1)C(=O)OC(CSC(=O)N1CCOCC1)C(O)C(O)C(CSC(=O)N1CCOCC1)OC(=O)[C@@H](NC(=O)OCc1ccccc1)C(C)C. The van der Waals surface area contributed by atoms with Crippen LogP contribution in [-0.2, 0) is 51.2 Å². The zero-order valence-corrected chi connectivity index (χ0v) is 37.0. The smallest absolute Gasteiger partial charge is 0.408 e. The van der Waals surface area contributed by atoms with Gasteiger partial charge in [-0.3, -0.25) is 9.59 Å². The van der Waals surface area contributed by atoms with Crippen molar-refractivity contribution in [3.63, 3.8) is 0 Å². The molecule has 0 radical (unpaired) electrons. The standard InChI is InChI=1S/C42H58N4O14S2/c1-27(2)33(43-39(51)57-23-29-11-7-5-8-12-29)37(49)59-31(25-61-41(53)45-15-19-55-20-16-45)35(47)36(48)32(26-62-42(54)46-17-21-56-22-18-46)60-38(50)34(28(3)4)44-40(52)58-24-30-13-9-6-10-14-30/h5-14,27-28,31-36,47-48H,15-26H2,1-4H3,(H,43,51)(H,44,52)/t31?,32?,33-,34-,35?,36?/m0/s1. The Kier molecular flexibility index (Phi) is 21.1. The van der Waals surface area contributed by atoms with Gasteiger partial charge in [0.25, 0.3) is 10.5 Å². The van der Waals surface area contributed by atoms with Gasteiger partial charge in [-0.2, -0.15) is 0 Å². The van der Waals surface area contributed by atoms with E-state index >= 15 is 0 Å². The van der Waals surface area contributed by atoms with E-state index in [1.165, 1.54) is 9.80 Å². The minimum atomic E-state index is -2.01. The maximum atomic E-state index is 13.8. The summed E-state index contributed by atoms with van der Waals surface area (Å²) >= 11 is 1.45. The Morgan fingerprint density at radius 1 is 0.597 bits per heavy atom. The molecule has 0 bridgehead atoms. The van der Waals surface area contributed by atoms with Gasteiger partial charge >= 0.3 is 24.1 Å². The van der Waals surface area contributed by atoms with Crippen LogP contribution >= 0.6 is 23.5 Å². The highest BCUT2D eigenvalue weighted by Crippen LogP contribution is 2.24. The third-order valence-corrected chi connectivity index (χ3v) is 11.7. The highest BCUT2D eigenvalue weighted by atomic mass is 32.2. The first-order valence-electron chi connectivity index (χ1n) is 20.4. The molecule has 4 amide bonds. The van der Waals surface area contributed by atoms with Crippen molar-refractivity contribution in [3.8, 4) is 0 Å². The molecule has 2 aromatic rings. The molecule has 62 heavy (non-hydrogen) atoms. The molecule has 2 aliphatic rings. The number of hydrogen-bond donors (Lipinski definition) is 4. The van der Waals surface area contributed by atoms with Crippen molar-refractivity contribution in [1.82, 2.24) is 20.4 Å². The lowest BCUT2D eigenvalue weighted by molar-refractivity contribution is -0.174. The van der Waals surface area contributed by atoms with Gasteiger partial charge in [0.2, 0.25) is 0 Å². The molecular formula is C42H58N4O14S2. The summed E-state index contributed by atoms with van der Waals surface area (Å²) < 4.78 is 32.9. The van der Waals surface area contributed by atoms with Crippen LogP contribution in [0.4, 0.5) is 19.2 Å².